The van der Waals surface area contributed by atoms with E-state index in [-0.39, 0.29) is 11.8 Å². The monoisotopic (exact) mass is 399 g/mol. The van der Waals surface area contributed by atoms with Crippen molar-refractivity contribution in [3.63, 3.8) is 0 Å². The van der Waals surface area contributed by atoms with Crippen molar-refractivity contribution in [2.24, 2.45) is 5.92 Å². The van der Waals surface area contributed by atoms with Crippen LogP contribution in [0, 0.1) is 12.8 Å². The minimum atomic E-state index is 0.0612. The molecular weight excluding hydrogens is 370 g/mol. The number of carbonyl (C=O) groups excluding carboxylic acids is 1. The normalized spacial score (nSPS) is 19.3. The molecule has 28 heavy (non-hydrogen) atoms. The molecule has 1 aromatic carbocycles. The smallest absolute Gasteiger partial charge is 0.223 e. The summed E-state index contributed by atoms with van der Waals surface area (Å²) in [6.07, 6.45) is 4.66. The van der Waals surface area contributed by atoms with Crippen molar-refractivity contribution in [3.8, 4) is 0 Å². The second-order valence-corrected chi connectivity index (χ2v) is 8.85. The molecular formula is C22H29N3O2S. The largest absolute Gasteiger partial charge is 0.378 e. The van der Waals surface area contributed by atoms with E-state index in [1.165, 1.54) is 16.0 Å². The Labute approximate surface area is 171 Å². The van der Waals surface area contributed by atoms with Gasteiger partial charge in [0.2, 0.25) is 5.91 Å². The number of hydrogen-bond acceptors (Lipinski definition) is 5. The predicted octanol–water partition coefficient (Wildman–Crippen LogP) is 3.14. The first-order chi connectivity index (χ1) is 13.7. The molecule has 2 heterocycles. The van der Waals surface area contributed by atoms with Gasteiger partial charge in [-0.3, -0.25) is 4.79 Å². The lowest BCUT2D eigenvalue weighted by molar-refractivity contribution is -0.125. The molecule has 1 aromatic heterocycles. The van der Waals surface area contributed by atoms with E-state index in [1.807, 2.05) is 0 Å². The summed E-state index contributed by atoms with van der Waals surface area (Å²) in [5.41, 5.74) is 3.77. The number of thiazole rings is 1. The van der Waals surface area contributed by atoms with Gasteiger partial charge < -0.3 is 15.0 Å². The van der Waals surface area contributed by atoms with Gasteiger partial charge in [-0.2, -0.15) is 0 Å². The van der Waals surface area contributed by atoms with Crippen molar-refractivity contribution in [2.45, 2.75) is 39.0 Å². The predicted molar refractivity (Wildman–Crippen MR) is 113 cm³/mol. The molecule has 0 saturated carbocycles. The van der Waals surface area contributed by atoms with Gasteiger partial charge in [0, 0.05) is 36.9 Å². The van der Waals surface area contributed by atoms with Crippen LogP contribution in [0.4, 0.5) is 5.13 Å². The summed E-state index contributed by atoms with van der Waals surface area (Å²) in [4.78, 5) is 21.2. The zero-order valence-electron chi connectivity index (χ0n) is 16.6. The number of hydrogen-bond donors (Lipinski definition) is 1. The summed E-state index contributed by atoms with van der Waals surface area (Å²) in [6, 6.07) is 8.60. The van der Waals surface area contributed by atoms with E-state index >= 15 is 0 Å². The molecule has 2 aromatic rings. The summed E-state index contributed by atoms with van der Waals surface area (Å²) in [5.74, 6) is 0.252. The van der Waals surface area contributed by atoms with Crippen molar-refractivity contribution >= 4 is 22.4 Å². The lowest BCUT2D eigenvalue weighted by atomic mass is 9.90. The van der Waals surface area contributed by atoms with E-state index in [0.717, 1.165) is 75.8 Å². The topological polar surface area (TPSA) is 54.5 Å². The van der Waals surface area contributed by atoms with E-state index in [9.17, 15) is 4.79 Å². The molecule has 1 aliphatic carbocycles. The standard InChI is InChI=1S/C22H29N3O2S/c1-16-4-2-5-17(14-16)6-3-9-23-21(26)18-7-8-20-19(15-18)24-22(28-20)25-10-12-27-13-11-25/h2,4-5,14,18H,3,6-13,15H2,1H3,(H,23,26). The molecule has 1 amide bonds. The van der Waals surface area contributed by atoms with Crippen LogP contribution in [-0.2, 0) is 28.8 Å². The summed E-state index contributed by atoms with van der Waals surface area (Å²) < 4.78 is 5.43. The molecule has 4 rings (SSSR count). The van der Waals surface area contributed by atoms with Crippen molar-refractivity contribution in [1.29, 1.82) is 0 Å². The average Bonchev–Trinajstić information content (AvgIpc) is 3.15. The van der Waals surface area contributed by atoms with Crippen molar-refractivity contribution in [3.05, 3.63) is 46.0 Å². The molecule has 1 saturated heterocycles. The van der Waals surface area contributed by atoms with Crippen molar-refractivity contribution < 1.29 is 9.53 Å². The third-order valence-electron chi connectivity index (χ3n) is 5.60. The molecule has 1 N–H and O–H groups in total. The number of benzene rings is 1. The summed E-state index contributed by atoms with van der Waals surface area (Å²) in [6.45, 7) is 6.24. The fourth-order valence-electron chi connectivity index (χ4n) is 4.00. The number of nitrogens with zero attached hydrogens (tertiary/aromatic N) is 2. The van der Waals surface area contributed by atoms with Crippen LogP contribution in [0.15, 0.2) is 24.3 Å². The molecule has 150 valence electrons. The van der Waals surface area contributed by atoms with Gasteiger partial charge in [0.1, 0.15) is 0 Å². The maximum absolute atomic E-state index is 12.6. The number of morpholine rings is 1. The van der Waals surface area contributed by atoms with Gasteiger partial charge in [-0.15, -0.1) is 11.3 Å². The van der Waals surface area contributed by atoms with Crippen LogP contribution >= 0.6 is 11.3 Å². The number of aromatic nitrogens is 1. The minimum Gasteiger partial charge on any atom is -0.378 e. The first-order valence-electron chi connectivity index (χ1n) is 10.3. The number of aryl methyl sites for hydroxylation is 3. The van der Waals surface area contributed by atoms with E-state index in [4.69, 9.17) is 9.72 Å². The van der Waals surface area contributed by atoms with Gasteiger partial charge in [-0.25, -0.2) is 4.98 Å². The Morgan fingerprint density at radius 2 is 2.21 bits per heavy atom. The van der Waals surface area contributed by atoms with Gasteiger partial charge in [0.25, 0.3) is 0 Å². The Morgan fingerprint density at radius 3 is 3.04 bits per heavy atom. The molecule has 1 unspecified atom stereocenters. The first kappa shape index (κ1) is 19.4. The van der Waals surface area contributed by atoms with Crippen LogP contribution in [0.2, 0.25) is 0 Å². The third-order valence-corrected chi connectivity index (χ3v) is 6.82. The SMILES string of the molecule is Cc1cccc(CCCNC(=O)C2CCc3sc(N4CCOCC4)nc3C2)c1. The molecule has 1 atom stereocenters. The van der Waals surface area contributed by atoms with Crippen molar-refractivity contribution in [1.82, 2.24) is 10.3 Å². The van der Waals surface area contributed by atoms with E-state index in [2.05, 4.69) is 41.4 Å². The van der Waals surface area contributed by atoms with Crippen molar-refractivity contribution in [2.75, 3.05) is 37.7 Å². The molecule has 0 radical (unpaired) electrons. The average molecular weight is 400 g/mol. The Kier molecular flexibility index (Phi) is 6.27. The highest BCUT2D eigenvalue weighted by Crippen LogP contribution is 2.34. The minimum absolute atomic E-state index is 0.0612. The molecule has 1 fully saturated rings. The second kappa shape index (κ2) is 9.05. The highest BCUT2D eigenvalue weighted by molar-refractivity contribution is 7.15. The van der Waals surface area contributed by atoms with E-state index in [0.29, 0.717) is 0 Å². The molecule has 6 heteroatoms. The third kappa shape index (κ3) is 4.73. The fourth-order valence-corrected chi connectivity index (χ4v) is 5.15. The molecule has 5 nitrogen and oxygen atoms in total. The molecule has 2 aliphatic rings. The summed E-state index contributed by atoms with van der Waals surface area (Å²) in [5, 5.41) is 4.25. The molecule has 0 bridgehead atoms. The second-order valence-electron chi connectivity index (χ2n) is 7.79. The van der Waals surface area contributed by atoms with Crippen LogP contribution in [0.3, 0.4) is 0 Å². The highest BCUT2D eigenvalue weighted by Gasteiger charge is 2.28. The van der Waals surface area contributed by atoms with Crippen LogP contribution in [0.5, 0.6) is 0 Å². The molecule has 0 spiro atoms. The van der Waals surface area contributed by atoms with E-state index < -0.39 is 0 Å². The lowest BCUT2D eigenvalue weighted by Crippen LogP contribution is -2.36. The zero-order valence-corrected chi connectivity index (χ0v) is 17.4. The number of carbonyl (C=O) groups is 1. The van der Waals surface area contributed by atoms with Gasteiger partial charge in [0.15, 0.2) is 5.13 Å². The Balaban J connectivity index is 1.25. The quantitative estimate of drug-likeness (QED) is 0.758. The summed E-state index contributed by atoms with van der Waals surface area (Å²) >= 11 is 1.80. The van der Waals surface area contributed by atoms with Crippen LogP contribution in [-0.4, -0.2) is 43.7 Å². The number of nitrogens with one attached hydrogen (secondary N) is 1. The number of anilines is 1. The van der Waals surface area contributed by atoms with Gasteiger partial charge in [-0.05, 0) is 38.2 Å². The maximum Gasteiger partial charge on any atom is 0.223 e. The van der Waals surface area contributed by atoms with Gasteiger partial charge in [-0.1, -0.05) is 29.8 Å². The summed E-state index contributed by atoms with van der Waals surface area (Å²) in [7, 11) is 0. The lowest BCUT2D eigenvalue weighted by Gasteiger charge is -2.26. The maximum atomic E-state index is 12.6. The number of ether oxygens (including phenoxy) is 1. The zero-order chi connectivity index (χ0) is 19.3. The Bertz CT molecular complexity index is 814. The fraction of sp³-hybridized carbons (Fsp3) is 0.545. The molecule has 1 aliphatic heterocycles. The van der Waals surface area contributed by atoms with Gasteiger partial charge >= 0.3 is 0 Å². The number of fused-ring (bicyclic) bond motifs is 1. The number of amides is 1. The Hall–Kier alpha value is -1.92. The highest BCUT2D eigenvalue weighted by atomic mass is 32.1. The Morgan fingerprint density at radius 1 is 1.36 bits per heavy atom. The van der Waals surface area contributed by atoms with Crippen LogP contribution < -0.4 is 10.2 Å². The van der Waals surface area contributed by atoms with Gasteiger partial charge in [0.05, 0.1) is 18.9 Å². The van der Waals surface area contributed by atoms with E-state index in [1.54, 1.807) is 11.3 Å². The number of rotatable bonds is 6. The van der Waals surface area contributed by atoms with Crippen LogP contribution in [0.25, 0.3) is 0 Å². The first-order valence-corrected chi connectivity index (χ1v) is 11.2. The van der Waals surface area contributed by atoms with Crippen LogP contribution in [0.1, 0.15) is 34.5 Å².